The average Bonchev–Trinajstić information content (AvgIpc) is 3.03. The Morgan fingerprint density at radius 1 is 0.938 bits per heavy atom. The van der Waals surface area contributed by atoms with Crippen LogP contribution in [0, 0.1) is 40.9 Å². The van der Waals surface area contributed by atoms with Gasteiger partial charge in [-0.1, -0.05) is 69.3 Å². The highest BCUT2D eigenvalue weighted by molar-refractivity contribution is 5.95. The number of esters is 2. The molecule has 12 atom stereocenters. The van der Waals surface area contributed by atoms with Crippen LogP contribution in [0.1, 0.15) is 81.8 Å². The van der Waals surface area contributed by atoms with E-state index < -0.39 is 77.1 Å². The highest BCUT2D eigenvalue weighted by Crippen LogP contribution is 2.62. The summed E-state index contributed by atoms with van der Waals surface area (Å²) in [5.41, 5.74) is -1.57. The molecule has 10 nitrogen and oxygen atoms in total. The van der Waals surface area contributed by atoms with Gasteiger partial charge in [0.2, 0.25) is 0 Å². The van der Waals surface area contributed by atoms with Crippen molar-refractivity contribution in [2.45, 2.75) is 95.9 Å². The fourth-order valence-corrected chi connectivity index (χ4v) is 9.51. The second-order valence-corrected chi connectivity index (χ2v) is 15.1. The van der Waals surface area contributed by atoms with Gasteiger partial charge >= 0.3 is 11.9 Å². The van der Waals surface area contributed by atoms with Gasteiger partial charge in [0, 0.05) is 36.2 Å². The maximum Gasteiger partial charge on any atom is 0.337 e. The van der Waals surface area contributed by atoms with Crippen molar-refractivity contribution in [2.24, 2.45) is 40.9 Å². The van der Waals surface area contributed by atoms with Gasteiger partial charge in [-0.25, -0.2) is 4.79 Å². The van der Waals surface area contributed by atoms with Gasteiger partial charge < -0.3 is 30.1 Å². The van der Waals surface area contributed by atoms with Gasteiger partial charge in [0.1, 0.15) is 6.10 Å². The lowest BCUT2D eigenvalue weighted by Gasteiger charge is -2.62. The van der Waals surface area contributed by atoms with Crippen LogP contribution in [-0.2, 0) is 23.9 Å². The van der Waals surface area contributed by atoms with Crippen LogP contribution >= 0.6 is 0 Å². The monoisotopic (exact) mass is 661 g/mol. The lowest BCUT2D eigenvalue weighted by molar-refractivity contribution is -0.243. The minimum absolute atomic E-state index is 0.0280. The number of nitrogens with one attached hydrogen (secondary N) is 1. The third-order valence-electron chi connectivity index (χ3n) is 12.3. The second kappa shape index (κ2) is 13.0. The molecule has 2 bridgehead atoms. The molecule has 0 heterocycles. The summed E-state index contributed by atoms with van der Waals surface area (Å²) in [6.45, 7) is 6.77. The Hall–Kier alpha value is -3.60. The molecule has 0 aromatic heterocycles. The summed E-state index contributed by atoms with van der Waals surface area (Å²) in [5.74, 6) is -4.52. The predicted molar refractivity (Wildman–Crippen MR) is 174 cm³/mol. The third-order valence-corrected chi connectivity index (χ3v) is 12.3. The number of ketones is 1. The maximum absolute atomic E-state index is 14.4. The number of rotatable bonds is 7. The molecule has 0 aliphatic heterocycles. The molecule has 4 N–H and O–H groups in total. The van der Waals surface area contributed by atoms with E-state index in [-0.39, 0.29) is 36.4 Å². The van der Waals surface area contributed by atoms with Gasteiger partial charge in [0.05, 0.1) is 23.7 Å². The summed E-state index contributed by atoms with van der Waals surface area (Å²) in [7, 11) is 0. The normalized spacial score (nSPS) is 36.4. The SMILES string of the molecule is CC(=O)OC1C(=O)C2C(C[C@]3(O)C[C@H](OC(=O)[C@H](O)[C@@H](NC(=O)c4ccccc4)c4ccccc4)C(C)C1C3(C)C)C1CC[C@@H]1C[C@@H]2O. The molecule has 6 unspecified atom stereocenters. The largest absolute Gasteiger partial charge is 0.460 e. The van der Waals surface area contributed by atoms with Crippen LogP contribution in [0.4, 0.5) is 0 Å². The molecule has 2 aromatic carbocycles. The van der Waals surface area contributed by atoms with Crippen molar-refractivity contribution >= 4 is 23.6 Å². The van der Waals surface area contributed by atoms with E-state index in [0.717, 1.165) is 12.8 Å². The van der Waals surface area contributed by atoms with Crippen molar-refractivity contribution in [1.82, 2.24) is 5.32 Å². The van der Waals surface area contributed by atoms with Crippen LogP contribution in [0.5, 0.6) is 0 Å². The van der Waals surface area contributed by atoms with Crippen LogP contribution in [0.3, 0.4) is 0 Å². The molecule has 0 saturated heterocycles. The van der Waals surface area contributed by atoms with Gasteiger partial charge in [0.25, 0.3) is 5.91 Å². The minimum atomic E-state index is -1.80. The smallest absolute Gasteiger partial charge is 0.337 e. The lowest BCUT2D eigenvalue weighted by Crippen LogP contribution is -2.68. The minimum Gasteiger partial charge on any atom is -0.460 e. The number of hydrogen-bond acceptors (Lipinski definition) is 9. The average molecular weight is 662 g/mol. The van der Waals surface area contributed by atoms with E-state index >= 15 is 0 Å². The molecule has 4 fully saturated rings. The Labute approximate surface area is 281 Å². The van der Waals surface area contributed by atoms with Crippen LogP contribution in [0.15, 0.2) is 60.7 Å². The number of carbonyl (C=O) groups excluding carboxylic acids is 4. The number of carbonyl (C=O) groups is 4. The van der Waals surface area contributed by atoms with Gasteiger partial charge in [-0.2, -0.15) is 0 Å². The number of aliphatic hydroxyl groups is 3. The number of benzene rings is 2. The highest BCUT2D eigenvalue weighted by Gasteiger charge is 2.66. The van der Waals surface area contributed by atoms with Crippen molar-refractivity contribution in [3.8, 4) is 0 Å². The molecule has 48 heavy (non-hydrogen) atoms. The van der Waals surface area contributed by atoms with Gasteiger partial charge in [-0.05, 0) is 61.1 Å². The Balaban J connectivity index is 1.32. The second-order valence-electron chi connectivity index (χ2n) is 15.1. The van der Waals surface area contributed by atoms with E-state index in [1.54, 1.807) is 67.6 Å². The Morgan fingerprint density at radius 2 is 1.58 bits per heavy atom. The van der Waals surface area contributed by atoms with E-state index in [2.05, 4.69) is 5.32 Å². The highest BCUT2D eigenvalue weighted by atomic mass is 16.6. The fraction of sp³-hybridized carbons (Fsp3) is 0.579. The number of Topliss-reactive ketones (excluding diaryl/α,β-unsaturated/α-hetero) is 1. The number of fused-ring (bicyclic) bond motifs is 5. The van der Waals surface area contributed by atoms with E-state index in [9.17, 15) is 34.5 Å². The molecule has 1 amide bonds. The fourth-order valence-electron chi connectivity index (χ4n) is 9.51. The van der Waals surface area contributed by atoms with Crippen molar-refractivity contribution < 1.29 is 44.0 Å². The number of hydrogen-bond donors (Lipinski definition) is 4. The molecule has 0 spiro atoms. The summed E-state index contributed by atoms with van der Waals surface area (Å²) in [6, 6.07) is 15.9. The van der Waals surface area contributed by atoms with E-state index in [0.29, 0.717) is 17.5 Å². The van der Waals surface area contributed by atoms with Crippen molar-refractivity contribution in [1.29, 1.82) is 0 Å². The molecule has 258 valence electrons. The molecule has 10 heteroatoms. The lowest BCUT2D eigenvalue weighted by atomic mass is 9.45. The predicted octanol–water partition coefficient (Wildman–Crippen LogP) is 3.77. The number of ether oxygens (including phenoxy) is 2. The molecule has 0 radical (unpaired) electrons. The van der Waals surface area contributed by atoms with Crippen LogP contribution in [0.2, 0.25) is 0 Å². The maximum atomic E-state index is 14.4. The Bertz CT molecular complexity index is 1530. The molecule has 6 rings (SSSR count). The van der Waals surface area contributed by atoms with Crippen LogP contribution < -0.4 is 5.32 Å². The van der Waals surface area contributed by atoms with Crippen molar-refractivity contribution in [3.05, 3.63) is 71.8 Å². The Morgan fingerprint density at radius 3 is 2.19 bits per heavy atom. The first-order valence-corrected chi connectivity index (χ1v) is 17.1. The zero-order valence-corrected chi connectivity index (χ0v) is 28.0. The molecule has 4 aliphatic carbocycles. The molecule has 2 aromatic rings. The number of amides is 1. The van der Waals surface area contributed by atoms with Crippen LogP contribution in [-0.4, -0.2) is 69.0 Å². The molecule has 4 aliphatic rings. The van der Waals surface area contributed by atoms with Gasteiger partial charge in [0.15, 0.2) is 18.0 Å². The summed E-state index contributed by atoms with van der Waals surface area (Å²) < 4.78 is 11.8. The first-order chi connectivity index (χ1) is 22.7. The summed E-state index contributed by atoms with van der Waals surface area (Å²) in [4.78, 5) is 53.9. The van der Waals surface area contributed by atoms with Gasteiger partial charge in [-0.15, -0.1) is 0 Å². The van der Waals surface area contributed by atoms with E-state index in [1.807, 2.05) is 13.8 Å². The molecule has 4 saturated carbocycles. The third kappa shape index (κ3) is 5.96. The zero-order chi connectivity index (χ0) is 34.5. The molecular formula is C38H47NO9. The zero-order valence-electron chi connectivity index (χ0n) is 28.0. The van der Waals surface area contributed by atoms with E-state index in [4.69, 9.17) is 9.47 Å². The standard InChI is InChI=1S/C38H47NO9/c1-20-28(48-36(45)33(43)31(22-11-7-5-8-12-22)39-35(44)23-13-9-6-10-14-23)19-38(46)18-26-25-16-15-24(25)17-27(41)29(26)32(42)34(47-21(2)40)30(20)37(38,3)4/h5-14,20,24-31,33-34,41,43,46H,15-19H2,1-4H3,(H,39,44)/t20?,24-,25?,26?,27+,28+,29?,30?,31+,33-,34?,38+/m1/s1. The van der Waals surface area contributed by atoms with Gasteiger partial charge in [-0.3, -0.25) is 14.4 Å². The first kappa shape index (κ1) is 34.3. The summed E-state index contributed by atoms with van der Waals surface area (Å²) >= 11 is 0. The summed E-state index contributed by atoms with van der Waals surface area (Å²) in [5, 5.41) is 38.2. The van der Waals surface area contributed by atoms with Crippen LogP contribution in [0.25, 0.3) is 0 Å². The molecular weight excluding hydrogens is 614 g/mol. The van der Waals surface area contributed by atoms with Crippen molar-refractivity contribution in [2.75, 3.05) is 0 Å². The first-order valence-electron chi connectivity index (χ1n) is 17.1. The van der Waals surface area contributed by atoms with E-state index in [1.165, 1.54) is 6.92 Å². The quantitative estimate of drug-likeness (QED) is 0.324. The topological polar surface area (TPSA) is 159 Å². The number of aliphatic hydroxyl groups excluding tert-OH is 2. The Kier molecular flexibility index (Phi) is 9.30. The van der Waals surface area contributed by atoms with Crippen molar-refractivity contribution in [3.63, 3.8) is 0 Å². The summed E-state index contributed by atoms with van der Waals surface area (Å²) in [6.07, 6.45) is -2.32.